The largest absolute Gasteiger partial charge is 0.444 e. The second-order valence-corrected chi connectivity index (χ2v) is 10.2. The summed E-state index contributed by atoms with van der Waals surface area (Å²) in [5.41, 5.74) is -0.663. The molecule has 1 aromatic carbocycles. The lowest BCUT2D eigenvalue weighted by Gasteiger charge is -2.38. The van der Waals surface area contributed by atoms with E-state index < -0.39 is 23.2 Å². The van der Waals surface area contributed by atoms with E-state index in [1.54, 1.807) is 25.7 Å². The molecule has 1 aliphatic heterocycles. The van der Waals surface area contributed by atoms with Crippen LogP contribution in [0.3, 0.4) is 0 Å². The van der Waals surface area contributed by atoms with Crippen LogP contribution in [0.2, 0.25) is 0 Å². The fraction of sp³-hybridized carbons (Fsp3) is 0.609. The summed E-state index contributed by atoms with van der Waals surface area (Å²) in [5, 5.41) is 8.28. The zero-order valence-electron chi connectivity index (χ0n) is 19.8. The topological polar surface area (TPSA) is 99.8 Å². The molecule has 1 aliphatic rings. The first kappa shape index (κ1) is 25.4. The molecule has 1 atom stereocenters. The number of piperidine rings is 1. The molecule has 1 saturated heterocycles. The van der Waals surface area contributed by atoms with Crippen LogP contribution in [-0.4, -0.2) is 53.7 Å². The second kappa shape index (κ2) is 10.2. The quantitative estimate of drug-likeness (QED) is 0.648. The zero-order valence-corrected chi connectivity index (χ0v) is 19.8. The van der Waals surface area contributed by atoms with Crippen molar-refractivity contribution in [3.05, 3.63) is 30.1 Å². The molecule has 1 fully saturated rings. The molecule has 0 bridgehead atoms. The van der Waals surface area contributed by atoms with Crippen molar-refractivity contribution in [2.75, 3.05) is 18.4 Å². The van der Waals surface area contributed by atoms with Crippen LogP contribution in [0, 0.1) is 11.2 Å². The Balaban J connectivity index is 1.89. The van der Waals surface area contributed by atoms with Crippen LogP contribution < -0.4 is 16.0 Å². The smallest absolute Gasteiger partial charge is 0.408 e. The molecule has 2 rings (SSSR count). The third kappa shape index (κ3) is 8.01. The van der Waals surface area contributed by atoms with Gasteiger partial charge in [0.2, 0.25) is 5.91 Å². The van der Waals surface area contributed by atoms with E-state index in [9.17, 15) is 18.8 Å². The van der Waals surface area contributed by atoms with Crippen molar-refractivity contribution in [2.24, 2.45) is 5.41 Å². The van der Waals surface area contributed by atoms with Crippen molar-refractivity contribution in [3.8, 4) is 0 Å². The first-order valence-electron chi connectivity index (χ1n) is 10.9. The van der Waals surface area contributed by atoms with Crippen molar-refractivity contribution in [3.63, 3.8) is 0 Å². The van der Waals surface area contributed by atoms with E-state index in [2.05, 4.69) is 16.0 Å². The van der Waals surface area contributed by atoms with E-state index in [0.29, 0.717) is 31.6 Å². The number of nitrogens with one attached hydrogen (secondary N) is 3. The number of amides is 4. The molecule has 178 valence electrons. The number of ether oxygens (including phenoxy) is 1. The number of benzene rings is 1. The fourth-order valence-electron chi connectivity index (χ4n) is 3.39. The molecule has 0 saturated carbocycles. The number of rotatable bonds is 4. The lowest BCUT2D eigenvalue weighted by atomic mass is 9.85. The molecule has 32 heavy (non-hydrogen) atoms. The van der Waals surface area contributed by atoms with E-state index in [-0.39, 0.29) is 23.8 Å². The van der Waals surface area contributed by atoms with Gasteiger partial charge in [0, 0.05) is 24.8 Å². The molecule has 3 N–H and O–H groups in total. The highest BCUT2D eigenvalue weighted by Gasteiger charge is 2.38. The molecule has 1 heterocycles. The molecule has 9 heteroatoms. The van der Waals surface area contributed by atoms with Gasteiger partial charge in [0.05, 0.1) is 0 Å². The first-order chi connectivity index (χ1) is 14.7. The molecule has 4 amide bonds. The number of nitrogens with zero attached hydrogens (tertiary/aromatic N) is 1. The molecule has 0 spiro atoms. The molecule has 8 nitrogen and oxygen atoms in total. The SMILES string of the molecule is CC(C)(C)OC(=O)N[C@H](C(=O)N1CCC(NC(=O)Nc2ccc(F)cc2)CC1)C(C)(C)C. The number of likely N-dealkylation sites (tertiary alicyclic amines) is 1. The average molecular weight is 451 g/mol. The Hall–Kier alpha value is -2.84. The van der Waals surface area contributed by atoms with Crippen LogP contribution in [0.25, 0.3) is 0 Å². The van der Waals surface area contributed by atoms with Crippen LogP contribution in [0.15, 0.2) is 24.3 Å². The zero-order chi connectivity index (χ0) is 24.1. The maximum absolute atomic E-state index is 13.2. The number of carbonyl (C=O) groups is 3. The molecule has 0 radical (unpaired) electrons. The Morgan fingerprint density at radius 3 is 2.09 bits per heavy atom. The van der Waals surface area contributed by atoms with E-state index >= 15 is 0 Å². The monoisotopic (exact) mass is 450 g/mol. The highest BCUT2D eigenvalue weighted by atomic mass is 19.1. The summed E-state index contributed by atoms with van der Waals surface area (Å²) in [7, 11) is 0. The van der Waals surface area contributed by atoms with E-state index in [4.69, 9.17) is 4.74 Å². The first-order valence-corrected chi connectivity index (χ1v) is 10.9. The maximum atomic E-state index is 13.2. The number of carbonyl (C=O) groups excluding carboxylic acids is 3. The molecule has 0 aromatic heterocycles. The fourth-order valence-corrected chi connectivity index (χ4v) is 3.39. The Morgan fingerprint density at radius 2 is 1.59 bits per heavy atom. The number of hydrogen-bond acceptors (Lipinski definition) is 4. The lowest BCUT2D eigenvalue weighted by molar-refractivity contribution is -0.137. The van der Waals surface area contributed by atoms with Crippen molar-refractivity contribution in [2.45, 2.75) is 72.1 Å². The number of alkyl carbamates (subject to hydrolysis) is 1. The third-order valence-corrected chi connectivity index (χ3v) is 5.02. The van der Waals surface area contributed by atoms with Crippen LogP contribution >= 0.6 is 0 Å². The normalized spacial score (nSPS) is 16.2. The lowest BCUT2D eigenvalue weighted by Crippen LogP contribution is -2.57. The summed E-state index contributed by atoms with van der Waals surface area (Å²) in [6.07, 6.45) is 0.553. The van der Waals surface area contributed by atoms with Gasteiger partial charge in [0.1, 0.15) is 17.5 Å². The van der Waals surface area contributed by atoms with Gasteiger partial charge in [-0.3, -0.25) is 4.79 Å². The standard InChI is InChI=1S/C23H35FN4O4/c1-22(2,3)18(27-21(31)32-23(4,5)6)19(29)28-13-11-17(12-14-28)26-20(30)25-16-9-7-15(24)8-10-16/h7-10,17-18H,11-14H2,1-6H3,(H,27,31)(H2,25,26,30)/t18-/m1/s1. The van der Waals surface area contributed by atoms with Gasteiger partial charge in [-0.05, 0) is 63.3 Å². The summed E-state index contributed by atoms with van der Waals surface area (Å²) in [6, 6.07) is 4.32. The van der Waals surface area contributed by atoms with Gasteiger partial charge in [-0.2, -0.15) is 0 Å². The number of halogens is 1. The van der Waals surface area contributed by atoms with Crippen molar-refractivity contribution in [1.82, 2.24) is 15.5 Å². The Labute approximate surface area is 189 Å². The predicted octanol–water partition coefficient (Wildman–Crippen LogP) is 3.88. The highest BCUT2D eigenvalue weighted by Crippen LogP contribution is 2.23. The summed E-state index contributed by atoms with van der Waals surface area (Å²) < 4.78 is 18.3. The van der Waals surface area contributed by atoms with Crippen LogP contribution in [0.5, 0.6) is 0 Å². The summed E-state index contributed by atoms with van der Waals surface area (Å²) in [4.78, 5) is 39.3. The van der Waals surface area contributed by atoms with Crippen molar-refractivity contribution in [1.29, 1.82) is 0 Å². The average Bonchev–Trinajstić information content (AvgIpc) is 2.66. The summed E-state index contributed by atoms with van der Waals surface area (Å²) >= 11 is 0. The molecular formula is C23H35FN4O4. The Kier molecular flexibility index (Phi) is 8.09. The van der Waals surface area contributed by atoms with Gasteiger partial charge in [0.25, 0.3) is 0 Å². The number of anilines is 1. The molecule has 0 aliphatic carbocycles. The van der Waals surface area contributed by atoms with Crippen LogP contribution in [0.1, 0.15) is 54.4 Å². The van der Waals surface area contributed by atoms with Gasteiger partial charge < -0.3 is 25.6 Å². The van der Waals surface area contributed by atoms with Gasteiger partial charge in [-0.1, -0.05) is 20.8 Å². The van der Waals surface area contributed by atoms with Gasteiger partial charge in [-0.25, -0.2) is 14.0 Å². The predicted molar refractivity (Wildman–Crippen MR) is 121 cm³/mol. The minimum atomic E-state index is -0.733. The number of hydrogen-bond donors (Lipinski definition) is 3. The van der Waals surface area contributed by atoms with Gasteiger partial charge in [0.15, 0.2) is 0 Å². The van der Waals surface area contributed by atoms with Gasteiger partial charge in [-0.15, -0.1) is 0 Å². The molecule has 1 aromatic rings. The molecular weight excluding hydrogens is 415 g/mol. The van der Waals surface area contributed by atoms with E-state index in [1.165, 1.54) is 24.3 Å². The Bertz CT molecular complexity index is 807. The molecule has 0 unspecified atom stereocenters. The van der Waals surface area contributed by atoms with Crippen LogP contribution in [0.4, 0.5) is 19.7 Å². The minimum Gasteiger partial charge on any atom is -0.444 e. The van der Waals surface area contributed by atoms with E-state index in [1.807, 2.05) is 20.8 Å². The highest BCUT2D eigenvalue weighted by molar-refractivity contribution is 5.89. The van der Waals surface area contributed by atoms with Crippen LogP contribution in [-0.2, 0) is 9.53 Å². The Morgan fingerprint density at radius 1 is 1.03 bits per heavy atom. The van der Waals surface area contributed by atoms with Crippen molar-refractivity contribution >= 4 is 23.7 Å². The summed E-state index contributed by atoms with van der Waals surface area (Å²) in [6.45, 7) is 11.9. The minimum absolute atomic E-state index is 0.0913. The second-order valence-electron chi connectivity index (χ2n) is 10.2. The van der Waals surface area contributed by atoms with Crippen molar-refractivity contribution < 1.29 is 23.5 Å². The summed E-state index contributed by atoms with van der Waals surface area (Å²) in [5.74, 6) is -0.541. The van der Waals surface area contributed by atoms with E-state index in [0.717, 1.165) is 0 Å². The number of urea groups is 1. The third-order valence-electron chi connectivity index (χ3n) is 5.02. The maximum Gasteiger partial charge on any atom is 0.408 e. The van der Waals surface area contributed by atoms with Gasteiger partial charge >= 0.3 is 12.1 Å².